The predicted octanol–water partition coefficient (Wildman–Crippen LogP) is 2.09. The number of nitrogens with zero attached hydrogens (tertiary/aromatic N) is 4. The molecule has 1 atom stereocenters. The number of aryl methyl sites for hydroxylation is 2. The molecular formula is C13H21N5S. The van der Waals surface area contributed by atoms with Crippen LogP contribution in [0.3, 0.4) is 0 Å². The fraction of sp³-hybridized carbons (Fsp3) is 0.692. The average Bonchev–Trinajstić information content (AvgIpc) is 2.97. The summed E-state index contributed by atoms with van der Waals surface area (Å²) in [5, 5.41) is 8.92. The van der Waals surface area contributed by atoms with E-state index in [4.69, 9.17) is 0 Å². The Bertz CT molecular complexity index is 567. The number of fused-ring (bicyclic) bond motifs is 1. The maximum absolute atomic E-state index is 4.64. The Labute approximate surface area is 117 Å². The molecule has 0 bridgehead atoms. The van der Waals surface area contributed by atoms with Crippen LogP contribution < -0.4 is 5.32 Å². The Hall–Kier alpha value is -1.14. The van der Waals surface area contributed by atoms with E-state index >= 15 is 0 Å². The number of likely N-dealkylation sites (tertiary alicyclic amines) is 1. The summed E-state index contributed by atoms with van der Waals surface area (Å²) in [7, 11) is 4.14. The van der Waals surface area contributed by atoms with Crippen LogP contribution in [0.5, 0.6) is 0 Å². The molecule has 1 saturated heterocycles. The Morgan fingerprint density at radius 1 is 1.42 bits per heavy atom. The molecule has 2 aromatic rings. The highest BCUT2D eigenvalue weighted by Gasteiger charge is 2.31. The second-order valence-corrected chi connectivity index (χ2v) is 7.03. The van der Waals surface area contributed by atoms with Gasteiger partial charge in [-0.15, -0.1) is 0 Å². The molecule has 1 unspecified atom stereocenters. The van der Waals surface area contributed by atoms with Crippen molar-refractivity contribution in [3.8, 4) is 0 Å². The topological polar surface area (TPSA) is 46.0 Å². The molecule has 0 radical (unpaired) electrons. The van der Waals surface area contributed by atoms with E-state index in [2.05, 4.69) is 34.3 Å². The molecule has 3 rings (SSSR count). The molecule has 1 fully saturated rings. The van der Waals surface area contributed by atoms with E-state index in [1.807, 2.05) is 18.7 Å². The van der Waals surface area contributed by atoms with Crippen molar-refractivity contribution in [2.24, 2.45) is 12.5 Å². The number of thiazole rings is 1. The van der Waals surface area contributed by atoms with E-state index in [1.165, 1.54) is 17.7 Å². The van der Waals surface area contributed by atoms with Crippen molar-refractivity contribution >= 4 is 26.8 Å². The predicted molar refractivity (Wildman–Crippen MR) is 79.8 cm³/mol. The van der Waals surface area contributed by atoms with Gasteiger partial charge in [0.2, 0.25) is 0 Å². The second kappa shape index (κ2) is 4.45. The molecule has 0 saturated carbocycles. The van der Waals surface area contributed by atoms with Gasteiger partial charge in [-0.3, -0.25) is 0 Å². The average molecular weight is 279 g/mol. The molecule has 1 N–H and O–H groups in total. The van der Waals surface area contributed by atoms with Crippen LogP contribution in [0.1, 0.15) is 19.0 Å². The van der Waals surface area contributed by atoms with Crippen LogP contribution in [0.4, 0.5) is 5.13 Å². The van der Waals surface area contributed by atoms with Crippen LogP contribution in [-0.2, 0) is 7.05 Å². The molecule has 5 nitrogen and oxygen atoms in total. The highest BCUT2D eigenvalue weighted by molar-refractivity contribution is 7.22. The minimum absolute atomic E-state index is 0.361. The van der Waals surface area contributed by atoms with Crippen LogP contribution in [0.25, 0.3) is 10.3 Å². The largest absolute Gasteiger partial charge is 0.361 e. The van der Waals surface area contributed by atoms with Gasteiger partial charge in [-0.05, 0) is 32.4 Å². The minimum Gasteiger partial charge on any atom is -0.361 e. The summed E-state index contributed by atoms with van der Waals surface area (Å²) in [6.07, 6.45) is 1.25. The van der Waals surface area contributed by atoms with Crippen LogP contribution in [0, 0.1) is 12.3 Å². The third-order valence-corrected chi connectivity index (χ3v) is 5.07. The number of hydrogen-bond donors (Lipinski definition) is 1. The Morgan fingerprint density at radius 2 is 2.21 bits per heavy atom. The Balaban J connectivity index is 1.73. The first-order chi connectivity index (χ1) is 8.97. The molecule has 19 heavy (non-hydrogen) atoms. The third-order valence-electron chi connectivity index (χ3n) is 3.96. The first-order valence-electron chi connectivity index (χ1n) is 6.69. The summed E-state index contributed by atoms with van der Waals surface area (Å²) in [5.74, 6) is 0. The zero-order chi connectivity index (χ0) is 13.6. The van der Waals surface area contributed by atoms with Crippen molar-refractivity contribution in [2.45, 2.75) is 20.3 Å². The van der Waals surface area contributed by atoms with E-state index < -0.39 is 0 Å². The van der Waals surface area contributed by atoms with E-state index in [-0.39, 0.29) is 0 Å². The normalized spacial score (nSPS) is 24.4. The summed E-state index contributed by atoms with van der Waals surface area (Å²) >= 11 is 1.71. The molecule has 0 spiro atoms. The van der Waals surface area contributed by atoms with Gasteiger partial charge in [0.15, 0.2) is 10.8 Å². The lowest BCUT2D eigenvalue weighted by Crippen LogP contribution is -2.29. The summed E-state index contributed by atoms with van der Waals surface area (Å²) in [5.41, 5.74) is 2.41. The molecule has 1 aliphatic heterocycles. The van der Waals surface area contributed by atoms with Gasteiger partial charge >= 0.3 is 0 Å². The molecule has 6 heteroatoms. The fourth-order valence-corrected chi connectivity index (χ4v) is 3.79. The quantitative estimate of drug-likeness (QED) is 0.934. The maximum Gasteiger partial charge on any atom is 0.185 e. The molecule has 0 aliphatic carbocycles. The maximum atomic E-state index is 4.64. The smallest absolute Gasteiger partial charge is 0.185 e. The zero-order valence-electron chi connectivity index (χ0n) is 12.0. The number of hydrogen-bond acceptors (Lipinski definition) is 5. The van der Waals surface area contributed by atoms with E-state index in [0.29, 0.717) is 5.41 Å². The number of rotatable bonds is 3. The molecule has 1 aliphatic rings. The fourth-order valence-electron chi connectivity index (χ4n) is 2.86. The number of aromatic nitrogens is 3. The minimum atomic E-state index is 0.361. The lowest BCUT2D eigenvalue weighted by molar-refractivity contribution is 0.325. The summed E-state index contributed by atoms with van der Waals surface area (Å²) in [4.78, 5) is 7.04. The van der Waals surface area contributed by atoms with Gasteiger partial charge in [-0.1, -0.05) is 18.3 Å². The van der Waals surface area contributed by atoms with Crippen molar-refractivity contribution in [3.63, 3.8) is 0 Å². The molecule has 0 amide bonds. The second-order valence-electron chi connectivity index (χ2n) is 6.03. The monoisotopic (exact) mass is 279 g/mol. The Kier molecular flexibility index (Phi) is 3.02. The van der Waals surface area contributed by atoms with Crippen molar-refractivity contribution < 1.29 is 0 Å². The van der Waals surface area contributed by atoms with Crippen molar-refractivity contribution in [2.75, 3.05) is 32.0 Å². The van der Waals surface area contributed by atoms with Crippen LogP contribution in [0.15, 0.2) is 0 Å². The van der Waals surface area contributed by atoms with E-state index in [9.17, 15) is 0 Å². The highest BCUT2D eigenvalue weighted by Crippen LogP contribution is 2.32. The zero-order valence-corrected chi connectivity index (χ0v) is 12.8. The molecule has 2 aromatic heterocycles. The van der Waals surface area contributed by atoms with Crippen molar-refractivity contribution in [1.82, 2.24) is 19.7 Å². The number of anilines is 1. The van der Waals surface area contributed by atoms with Crippen molar-refractivity contribution in [3.05, 3.63) is 5.69 Å². The van der Waals surface area contributed by atoms with Gasteiger partial charge in [-0.2, -0.15) is 5.10 Å². The number of nitrogens with one attached hydrogen (secondary N) is 1. The standard InChI is InChI=1S/C13H21N5S/c1-9-10-11(18(4)16-9)15-12(19-10)14-7-13(2)5-6-17(3)8-13/h5-8H2,1-4H3,(H,14,15). The third kappa shape index (κ3) is 2.34. The lowest BCUT2D eigenvalue weighted by atomic mass is 9.90. The first kappa shape index (κ1) is 12.9. The summed E-state index contributed by atoms with van der Waals surface area (Å²) in [6, 6.07) is 0. The van der Waals surface area contributed by atoms with Crippen LogP contribution in [-0.4, -0.2) is 46.3 Å². The summed E-state index contributed by atoms with van der Waals surface area (Å²) < 4.78 is 3.05. The molecule has 3 heterocycles. The van der Waals surface area contributed by atoms with Crippen molar-refractivity contribution in [1.29, 1.82) is 0 Å². The first-order valence-corrected chi connectivity index (χ1v) is 7.51. The van der Waals surface area contributed by atoms with Gasteiger partial charge in [0.25, 0.3) is 0 Å². The van der Waals surface area contributed by atoms with Crippen LogP contribution >= 0.6 is 11.3 Å². The highest BCUT2D eigenvalue weighted by atomic mass is 32.1. The molecular weight excluding hydrogens is 258 g/mol. The van der Waals surface area contributed by atoms with Crippen LogP contribution in [0.2, 0.25) is 0 Å². The lowest BCUT2D eigenvalue weighted by Gasteiger charge is -2.23. The van der Waals surface area contributed by atoms with Gasteiger partial charge in [0, 0.05) is 20.1 Å². The SMILES string of the molecule is Cc1nn(C)c2nc(NCC3(C)CCN(C)C3)sc12. The van der Waals surface area contributed by atoms with Gasteiger partial charge < -0.3 is 10.2 Å². The van der Waals surface area contributed by atoms with Gasteiger partial charge in [0.1, 0.15) is 0 Å². The molecule has 0 aromatic carbocycles. The van der Waals surface area contributed by atoms with Gasteiger partial charge in [-0.25, -0.2) is 9.67 Å². The molecule has 104 valence electrons. The Morgan fingerprint density at radius 3 is 2.84 bits per heavy atom. The van der Waals surface area contributed by atoms with Gasteiger partial charge in [0.05, 0.1) is 10.4 Å². The van der Waals surface area contributed by atoms with E-state index in [0.717, 1.165) is 29.6 Å². The summed E-state index contributed by atoms with van der Waals surface area (Å²) in [6.45, 7) is 7.73. The van der Waals surface area contributed by atoms with E-state index in [1.54, 1.807) is 11.3 Å².